The molecule has 0 unspecified atom stereocenters. The number of alkyl halides is 3. The molecule has 2 rings (SSSR count). The van der Waals surface area contributed by atoms with E-state index >= 15 is 0 Å². The van der Waals surface area contributed by atoms with E-state index in [0.717, 1.165) is 18.2 Å². The Bertz CT molecular complexity index is 860. The number of nitro benzene ring substituents is 1. The number of carbonyl (C=O) groups is 1. The SMILES string of the molecule is CCOC(=O)C=Cc1cc([N+](=O)[O-])ccc1-c1ccc(OC(F)(F)F)cc1. The zero-order chi connectivity index (χ0) is 20.0. The van der Waals surface area contributed by atoms with Gasteiger partial charge < -0.3 is 9.47 Å². The number of nitrogens with zero attached hydrogens (tertiary/aromatic N) is 1. The van der Waals surface area contributed by atoms with Crippen molar-refractivity contribution < 1.29 is 32.4 Å². The van der Waals surface area contributed by atoms with Gasteiger partial charge in [-0.3, -0.25) is 10.1 Å². The predicted octanol–water partition coefficient (Wildman–Crippen LogP) is 4.74. The van der Waals surface area contributed by atoms with Crippen molar-refractivity contribution in [3.63, 3.8) is 0 Å². The molecule has 0 aromatic heterocycles. The molecule has 0 fully saturated rings. The highest BCUT2D eigenvalue weighted by Crippen LogP contribution is 2.31. The first-order valence-electron chi connectivity index (χ1n) is 7.69. The molecule has 0 spiro atoms. The number of benzene rings is 2. The minimum Gasteiger partial charge on any atom is -0.463 e. The van der Waals surface area contributed by atoms with Crippen LogP contribution in [-0.2, 0) is 9.53 Å². The number of non-ortho nitro benzene ring substituents is 1. The van der Waals surface area contributed by atoms with E-state index in [4.69, 9.17) is 4.74 Å². The summed E-state index contributed by atoms with van der Waals surface area (Å²) in [5.41, 5.74) is 1.11. The Hall–Kier alpha value is -3.36. The van der Waals surface area contributed by atoms with E-state index in [1.165, 1.54) is 36.4 Å². The number of rotatable bonds is 6. The molecule has 2 aromatic rings. The Labute approximate surface area is 152 Å². The minimum atomic E-state index is -4.80. The second-order valence-electron chi connectivity index (χ2n) is 5.19. The van der Waals surface area contributed by atoms with Crippen LogP contribution in [0.4, 0.5) is 18.9 Å². The summed E-state index contributed by atoms with van der Waals surface area (Å²) in [5, 5.41) is 11.0. The van der Waals surface area contributed by atoms with Gasteiger partial charge in [0, 0.05) is 18.2 Å². The molecule has 6 nitrogen and oxygen atoms in total. The van der Waals surface area contributed by atoms with Crippen LogP contribution in [0, 0.1) is 10.1 Å². The Morgan fingerprint density at radius 1 is 1.19 bits per heavy atom. The summed E-state index contributed by atoms with van der Waals surface area (Å²) in [6.07, 6.45) is -2.34. The standard InChI is InChI=1S/C18H14F3NO5/c1-2-26-17(23)10-5-13-11-14(22(24)25)6-9-16(13)12-3-7-15(8-4-12)27-18(19,20)21/h3-11H,2H2,1H3. The maximum absolute atomic E-state index is 12.2. The zero-order valence-electron chi connectivity index (χ0n) is 14.0. The molecule has 0 aliphatic rings. The van der Waals surface area contributed by atoms with Crippen LogP contribution >= 0.6 is 0 Å². The molecule has 0 saturated carbocycles. The molecule has 0 saturated heterocycles. The second-order valence-corrected chi connectivity index (χ2v) is 5.19. The summed E-state index contributed by atoms with van der Waals surface area (Å²) >= 11 is 0. The highest BCUT2D eigenvalue weighted by molar-refractivity contribution is 5.89. The maximum atomic E-state index is 12.2. The van der Waals surface area contributed by atoms with Crippen LogP contribution in [0.2, 0.25) is 0 Å². The number of halogens is 3. The minimum absolute atomic E-state index is 0.172. The lowest BCUT2D eigenvalue weighted by Gasteiger charge is -2.10. The number of ether oxygens (including phenoxy) is 2. The number of carbonyl (C=O) groups excluding carboxylic acids is 1. The predicted molar refractivity (Wildman–Crippen MR) is 90.9 cm³/mol. The van der Waals surface area contributed by atoms with E-state index in [0.29, 0.717) is 16.7 Å². The average Bonchev–Trinajstić information content (AvgIpc) is 2.59. The first kappa shape index (κ1) is 20.0. The highest BCUT2D eigenvalue weighted by Gasteiger charge is 2.31. The van der Waals surface area contributed by atoms with Crippen LogP contribution in [0.3, 0.4) is 0 Å². The zero-order valence-corrected chi connectivity index (χ0v) is 14.0. The molecule has 0 N–H and O–H groups in total. The molecule has 0 aliphatic heterocycles. The molecular formula is C18H14F3NO5. The van der Waals surface area contributed by atoms with Crippen molar-refractivity contribution in [2.75, 3.05) is 6.61 Å². The summed E-state index contributed by atoms with van der Waals surface area (Å²) < 4.78 is 45.3. The van der Waals surface area contributed by atoms with Gasteiger partial charge in [-0.1, -0.05) is 12.1 Å². The summed E-state index contributed by atoms with van der Waals surface area (Å²) in [7, 11) is 0. The third kappa shape index (κ3) is 5.84. The van der Waals surface area contributed by atoms with Crippen molar-refractivity contribution in [2.45, 2.75) is 13.3 Å². The third-order valence-electron chi connectivity index (χ3n) is 3.33. The van der Waals surface area contributed by atoms with E-state index in [1.807, 2.05) is 0 Å². The summed E-state index contributed by atoms with van der Waals surface area (Å²) in [6, 6.07) is 8.98. The third-order valence-corrected chi connectivity index (χ3v) is 3.33. The van der Waals surface area contributed by atoms with Gasteiger partial charge in [0.2, 0.25) is 0 Å². The Kier molecular flexibility index (Phi) is 6.17. The van der Waals surface area contributed by atoms with Crippen molar-refractivity contribution in [1.29, 1.82) is 0 Å². The van der Waals surface area contributed by atoms with Crippen LogP contribution in [0.5, 0.6) is 5.75 Å². The number of nitro groups is 1. The summed E-state index contributed by atoms with van der Waals surface area (Å²) in [5.74, 6) is -1.01. The smallest absolute Gasteiger partial charge is 0.463 e. The lowest BCUT2D eigenvalue weighted by atomic mass is 9.98. The molecule has 0 radical (unpaired) electrons. The normalized spacial score (nSPS) is 11.4. The van der Waals surface area contributed by atoms with Crippen LogP contribution in [-0.4, -0.2) is 23.9 Å². The van der Waals surface area contributed by atoms with Crippen molar-refractivity contribution in [3.05, 3.63) is 64.2 Å². The molecule has 2 aromatic carbocycles. The van der Waals surface area contributed by atoms with Gasteiger partial charge in [-0.15, -0.1) is 13.2 Å². The van der Waals surface area contributed by atoms with Crippen molar-refractivity contribution in [2.24, 2.45) is 0 Å². The van der Waals surface area contributed by atoms with Crippen LogP contribution in [0.1, 0.15) is 12.5 Å². The fourth-order valence-electron chi connectivity index (χ4n) is 2.25. The first-order chi connectivity index (χ1) is 12.7. The topological polar surface area (TPSA) is 78.7 Å². The molecule has 9 heteroatoms. The van der Waals surface area contributed by atoms with E-state index < -0.39 is 23.0 Å². The molecule has 0 aliphatic carbocycles. The summed E-state index contributed by atoms with van der Waals surface area (Å²) in [6.45, 7) is 1.81. The number of hydrogen-bond acceptors (Lipinski definition) is 5. The van der Waals surface area contributed by atoms with Crippen LogP contribution in [0.25, 0.3) is 17.2 Å². The van der Waals surface area contributed by atoms with E-state index in [1.54, 1.807) is 6.92 Å². The largest absolute Gasteiger partial charge is 0.573 e. The van der Waals surface area contributed by atoms with Crippen molar-refractivity contribution in [3.8, 4) is 16.9 Å². The van der Waals surface area contributed by atoms with Gasteiger partial charge in [0.25, 0.3) is 5.69 Å². The second kappa shape index (κ2) is 8.35. The molecule has 27 heavy (non-hydrogen) atoms. The van der Waals surface area contributed by atoms with Gasteiger partial charge in [0.05, 0.1) is 11.5 Å². The van der Waals surface area contributed by atoms with Crippen LogP contribution in [0.15, 0.2) is 48.5 Å². The first-order valence-corrected chi connectivity index (χ1v) is 7.69. The molecule has 0 atom stereocenters. The lowest BCUT2D eigenvalue weighted by Crippen LogP contribution is -2.16. The fourth-order valence-corrected chi connectivity index (χ4v) is 2.25. The quantitative estimate of drug-likeness (QED) is 0.313. The summed E-state index contributed by atoms with van der Waals surface area (Å²) in [4.78, 5) is 21.9. The van der Waals surface area contributed by atoms with Gasteiger partial charge in [-0.05, 0) is 47.9 Å². The Morgan fingerprint density at radius 3 is 2.41 bits per heavy atom. The lowest BCUT2D eigenvalue weighted by molar-refractivity contribution is -0.384. The molecular weight excluding hydrogens is 367 g/mol. The van der Waals surface area contributed by atoms with Gasteiger partial charge >= 0.3 is 12.3 Å². The average molecular weight is 381 g/mol. The number of esters is 1. The highest BCUT2D eigenvalue weighted by atomic mass is 19.4. The maximum Gasteiger partial charge on any atom is 0.573 e. The molecule has 0 amide bonds. The number of hydrogen-bond donors (Lipinski definition) is 0. The van der Waals surface area contributed by atoms with Crippen molar-refractivity contribution >= 4 is 17.7 Å². The van der Waals surface area contributed by atoms with Gasteiger partial charge in [-0.25, -0.2) is 4.79 Å². The Morgan fingerprint density at radius 2 is 1.85 bits per heavy atom. The van der Waals surface area contributed by atoms with Crippen LogP contribution < -0.4 is 4.74 Å². The molecule has 142 valence electrons. The van der Waals surface area contributed by atoms with E-state index in [9.17, 15) is 28.1 Å². The van der Waals surface area contributed by atoms with E-state index in [2.05, 4.69) is 4.74 Å². The Balaban J connectivity index is 2.40. The molecule has 0 heterocycles. The van der Waals surface area contributed by atoms with Gasteiger partial charge in [-0.2, -0.15) is 0 Å². The monoisotopic (exact) mass is 381 g/mol. The van der Waals surface area contributed by atoms with Gasteiger partial charge in [0.1, 0.15) is 5.75 Å². The van der Waals surface area contributed by atoms with Gasteiger partial charge in [0.15, 0.2) is 0 Å². The fraction of sp³-hybridized carbons (Fsp3) is 0.167. The van der Waals surface area contributed by atoms with E-state index in [-0.39, 0.29) is 12.3 Å². The molecule has 0 bridgehead atoms. The van der Waals surface area contributed by atoms with Crippen molar-refractivity contribution in [1.82, 2.24) is 0 Å².